The number of hydrogen-bond donors (Lipinski definition) is 1. The van der Waals surface area contributed by atoms with Crippen LogP contribution in [0, 0.1) is 11.7 Å². The minimum atomic E-state index is -0.383. The number of nitrogens with one attached hydrogen (secondary N) is 1. The van der Waals surface area contributed by atoms with Crippen LogP contribution in [0.3, 0.4) is 0 Å². The van der Waals surface area contributed by atoms with Gasteiger partial charge < -0.3 is 19.9 Å². The molecule has 5 aliphatic rings. The first kappa shape index (κ1) is 20.0. The molecule has 0 radical (unpaired) electrons. The Kier molecular flexibility index (Phi) is 5.01. The number of fused-ring (bicyclic) bond motifs is 5. The molecule has 7 rings (SSSR count). The van der Waals surface area contributed by atoms with E-state index >= 15 is 0 Å². The predicted molar refractivity (Wildman–Crippen MR) is 122 cm³/mol. The summed E-state index contributed by atoms with van der Waals surface area (Å²) in [4.78, 5) is 22.3. The second kappa shape index (κ2) is 8.03. The Morgan fingerprint density at radius 1 is 1.12 bits per heavy atom. The van der Waals surface area contributed by atoms with Crippen LogP contribution in [0.1, 0.15) is 50.5 Å². The second-order valence-electron chi connectivity index (χ2n) is 9.59. The second-order valence-corrected chi connectivity index (χ2v) is 9.59. The summed E-state index contributed by atoms with van der Waals surface area (Å²) in [5.74, 6) is 0.407. The molecule has 2 bridgehead atoms. The van der Waals surface area contributed by atoms with Gasteiger partial charge in [0.05, 0.1) is 42.9 Å². The molecule has 6 nitrogen and oxygen atoms in total. The normalized spacial score (nSPS) is 25.0. The van der Waals surface area contributed by atoms with Gasteiger partial charge in [-0.25, -0.2) is 9.37 Å². The summed E-state index contributed by atoms with van der Waals surface area (Å²) in [5.41, 5.74) is 3.53. The maximum atomic E-state index is 14.0. The lowest BCUT2D eigenvalue weighted by Gasteiger charge is -2.46. The van der Waals surface area contributed by atoms with Crippen molar-refractivity contribution in [3.8, 4) is 0 Å². The van der Waals surface area contributed by atoms with E-state index in [4.69, 9.17) is 4.74 Å². The molecule has 1 aromatic heterocycles. The van der Waals surface area contributed by atoms with Crippen molar-refractivity contribution >= 4 is 28.8 Å². The summed E-state index contributed by atoms with van der Waals surface area (Å²) < 4.78 is 19.9. The van der Waals surface area contributed by atoms with Crippen LogP contribution in [0.15, 0.2) is 30.5 Å². The van der Waals surface area contributed by atoms with Gasteiger partial charge in [-0.05, 0) is 49.9 Å². The number of benzene rings is 1. The van der Waals surface area contributed by atoms with Gasteiger partial charge in [0.25, 0.3) is 0 Å². The summed E-state index contributed by atoms with van der Waals surface area (Å²) >= 11 is 0. The van der Waals surface area contributed by atoms with E-state index < -0.39 is 0 Å². The van der Waals surface area contributed by atoms with E-state index in [1.54, 1.807) is 0 Å². The molecule has 3 saturated heterocycles. The van der Waals surface area contributed by atoms with Gasteiger partial charge in [0.2, 0.25) is 5.91 Å². The van der Waals surface area contributed by atoms with Crippen LogP contribution in [0.2, 0.25) is 0 Å². The van der Waals surface area contributed by atoms with Gasteiger partial charge in [-0.3, -0.25) is 4.79 Å². The highest BCUT2D eigenvalue weighted by atomic mass is 19.1. The Balaban J connectivity index is 1.40. The molecular formula is C25H29FN4O2. The minimum Gasteiger partial charge on any atom is -0.374 e. The number of halogens is 1. The van der Waals surface area contributed by atoms with E-state index in [2.05, 4.69) is 27.3 Å². The molecule has 5 heterocycles. The average Bonchev–Trinajstić information content (AvgIpc) is 3.01. The number of morpholine rings is 1. The molecule has 1 amide bonds. The number of hydrogen-bond acceptors (Lipinski definition) is 5. The number of anilines is 4. The van der Waals surface area contributed by atoms with Crippen LogP contribution >= 0.6 is 0 Å². The van der Waals surface area contributed by atoms with Crippen molar-refractivity contribution in [1.29, 1.82) is 0 Å². The molecule has 7 heteroatoms. The molecule has 2 aromatic rings. The number of carbonyl (C=O) groups excluding carboxylic acids is 1. The molecule has 4 fully saturated rings. The zero-order valence-corrected chi connectivity index (χ0v) is 18.2. The lowest BCUT2D eigenvalue weighted by molar-refractivity contribution is -0.123. The quantitative estimate of drug-likeness (QED) is 0.736. The molecule has 4 aliphatic heterocycles. The number of ether oxygens (including phenoxy) is 1. The van der Waals surface area contributed by atoms with Crippen molar-refractivity contribution in [1.82, 2.24) is 4.98 Å². The van der Waals surface area contributed by atoms with Crippen LogP contribution in [0.4, 0.5) is 27.3 Å². The lowest BCUT2D eigenvalue weighted by Crippen LogP contribution is -2.54. The first-order valence-corrected chi connectivity index (χ1v) is 11.9. The summed E-state index contributed by atoms with van der Waals surface area (Å²) in [6.45, 7) is 1.98. The van der Waals surface area contributed by atoms with E-state index in [-0.39, 0.29) is 23.7 Å². The zero-order chi connectivity index (χ0) is 21.7. The first-order valence-electron chi connectivity index (χ1n) is 11.9. The molecule has 2 unspecified atom stereocenters. The topological polar surface area (TPSA) is 57.7 Å². The Hall–Kier alpha value is -2.67. The largest absolute Gasteiger partial charge is 0.374 e. The smallest absolute Gasteiger partial charge is 0.230 e. The van der Waals surface area contributed by atoms with Gasteiger partial charge in [-0.2, -0.15) is 0 Å². The highest BCUT2D eigenvalue weighted by Crippen LogP contribution is 2.41. The number of carbonyl (C=O) groups is 1. The van der Waals surface area contributed by atoms with Gasteiger partial charge in [0.1, 0.15) is 11.6 Å². The number of nitrogens with zero attached hydrogens (tertiary/aromatic N) is 3. The lowest BCUT2D eigenvalue weighted by atomic mass is 9.88. The van der Waals surface area contributed by atoms with Crippen molar-refractivity contribution in [3.63, 3.8) is 0 Å². The van der Waals surface area contributed by atoms with Crippen LogP contribution in [-0.2, 0) is 16.1 Å². The van der Waals surface area contributed by atoms with E-state index in [0.29, 0.717) is 24.0 Å². The Morgan fingerprint density at radius 2 is 2.00 bits per heavy atom. The molecule has 168 valence electrons. The predicted octanol–water partition coefficient (Wildman–Crippen LogP) is 4.76. The van der Waals surface area contributed by atoms with Crippen molar-refractivity contribution < 1.29 is 13.9 Å². The third-order valence-corrected chi connectivity index (χ3v) is 7.53. The zero-order valence-electron chi connectivity index (χ0n) is 18.2. The maximum absolute atomic E-state index is 14.0. The van der Waals surface area contributed by atoms with Crippen molar-refractivity contribution in [2.45, 2.75) is 63.6 Å². The summed E-state index contributed by atoms with van der Waals surface area (Å²) in [5, 5.41) is 3.37. The van der Waals surface area contributed by atoms with Crippen molar-refractivity contribution in [2.24, 2.45) is 5.92 Å². The van der Waals surface area contributed by atoms with E-state index in [0.717, 1.165) is 68.7 Å². The van der Waals surface area contributed by atoms with Gasteiger partial charge in [-0.15, -0.1) is 0 Å². The number of amides is 1. The standard InChI is InChI=1S/C25H29FN4O2/c26-18-10-17-13-30(25(31)16-4-2-1-3-5-16)23-11-19(7-9-22(23)28-24(17)27-12-18)29-14-21-8-6-20(29)15-32-21/h7,9-12,16,20-21H,1-6,8,13-15H2,(H,27,28). The van der Waals surface area contributed by atoms with Gasteiger partial charge in [-0.1, -0.05) is 19.3 Å². The van der Waals surface area contributed by atoms with Gasteiger partial charge in [0.15, 0.2) is 0 Å². The Morgan fingerprint density at radius 3 is 2.75 bits per heavy atom. The van der Waals surface area contributed by atoms with Crippen molar-refractivity contribution in [2.75, 3.05) is 28.3 Å². The monoisotopic (exact) mass is 436 g/mol. The average molecular weight is 437 g/mol. The molecule has 1 saturated carbocycles. The number of pyridine rings is 1. The Labute approximate surface area is 187 Å². The first-order chi connectivity index (χ1) is 15.7. The third kappa shape index (κ3) is 3.52. The minimum absolute atomic E-state index is 0.0303. The maximum Gasteiger partial charge on any atom is 0.230 e. The third-order valence-electron chi connectivity index (χ3n) is 7.53. The number of piperidine rings is 1. The van der Waals surface area contributed by atoms with E-state index in [9.17, 15) is 9.18 Å². The molecule has 1 aromatic carbocycles. The molecule has 0 spiro atoms. The highest BCUT2D eigenvalue weighted by molar-refractivity contribution is 6.00. The number of aromatic nitrogens is 1. The Bertz CT molecular complexity index is 1030. The van der Waals surface area contributed by atoms with Crippen LogP contribution in [0.5, 0.6) is 0 Å². The molecule has 1 N–H and O–H groups in total. The van der Waals surface area contributed by atoms with E-state index in [1.165, 1.54) is 18.7 Å². The summed E-state index contributed by atoms with van der Waals surface area (Å²) in [6, 6.07) is 8.16. The van der Waals surface area contributed by atoms with E-state index in [1.807, 2.05) is 11.0 Å². The molecule has 2 atom stereocenters. The fourth-order valence-electron chi connectivity index (χ4n) is 5.76. The van der Waals surface area contributed by atoms with Crippen LogP contribution in [0.25, 0.3) is 0 Å². The fraction of sp³-hybridized carbons (Fsp3) is 0.520. The van der Waals surface area contributed by atoms with Gasteiger partial charge >= 0.3 is 0 Å². The molecule has 32 heavy (non-hydrogen) atoms. The SMILES string of the molecule is O=C(C1CCCCC1)N1Cc2cc(F)cnc2Nc2ccc(N3CC4CCC3CO4)cc21. The molecule has 1 aliphatic carbocycles. The molecular weight excluding hydrogens is 407 g/mol. The number of rotatable bonds is 2. The highest BCUT2D eigenvalue weighted by Gasteiger charge is 2.36. The fourth-order valence-corrected chi connectivity index (χ4v) is 5.76. The summed E-state index contributed by atoms with van der Waals surface area (Å²) in [7, 11) is 0. The van der Waals surface area contributed by atoms with Gasteiger partial charge in [0, 0.05) is 23.7 Å². The van der Waals surface area contributed by atoms with Crippen molar-refractivity contribution in [3.05, 3.63) is 41.8 Å². The van der Waals surface area contributed by atoms with Crippen LogP contribution < -0.4 is 15.1 Å². The van der Waals surface area contributed by atoms with Crippen LogP contribution in [-0.4, -0.2) is 36.2 Å². The summed E-state index contributed by atoms with van der Waals surface area (Å²) in [6.07, 6.45) is 9.02.